The van der Waals surface area contributed by atoms with Gasteiger partial charge < -0.3 is 9.64 Å². The number of nitrogens with zero attached hydrogens (tertiary/aromatic N) is 1. The SMILES string of the molecule is C=C(C)C(=O)OCCCCCCN(C)C(=O)C(C)=O. The molecule has 0 aliphatic rings. The van der Waals surface area contributed by atoms with Gasteiger partial charge in [0.2, 0.25) is 5.78 Å². The second-order valence-electron chi connectivity index (χ2n) is 4.61. The van der Waals surface area contributed by atoms with Gasteiger partial charge in [0.15, 0.2) is 0 Å². The molecule has 108 valence electrons. The van der Waals surface area contributed by atoms with Gasteiger partial charge in [-0.2, -0.15) is 0 Å². The highest BCUT2D eigenvalue weighted by molar-refractivity contribution is 6.34. The molecule has 5 heteroatoms. The van der Waals surface area contributed by atoms with Crippen LogP contribution in [0.4, 0.5) is 0 Å². The van der Waals surface area contributed by atoms with Crippen LogP contribution in [-0.4, -0.2) is 42.8 Å². The maximum atomic E-state index is 11.3. The molecule has 0 aliphatic heterocycles. The van der Waals surface area contributed by atoms with Gasteiger partial charge in [-0.1, -0.05) is 13.0 Å². The van der Waals surface area contributed by atoms with E-state index in [9.17, 15) is 14.4 Å². The third-order valence-corrected chi connectivity index (χ3v) is 2.62. The standard InChI is InChI=1S/C14H23NO4/c1-11(2)14(18)19-10-8-6-5-7-9-15(4)13(17)12(3)16/h1,5-10H2,2-4H3. The highest BCUT2D eigenvalue weighted by Crippen LogP contribution is 2.03. The molecule has 0 aromatic carbocycles. The van der Waals surface area contributed by atoms with Crippen LogP contribution >= 0.6 is 0 Å². The molecule has 0 saturated carbocycles. The minimum Gasteiger partial charge on any atom is -0.462 e. The molecule has 19 heavy (non-hydrogen) atoms. The molecule has 0 atom stereocenters. The average Bonchev–Trinajstić information content (AvgIpc) is 2.35. The van der Waals surface area contributed by atoms with Gasteiger partial charge in [0.1, 0.15) is 0 Å². The third-order valence-electron chi connectivity index (χ3n) is 2.62. The molecule has 0 saturated heterocycles. The van der Waals surface area contributed by atoms with Crippen molar-refractivity contribution in [2.75, 3.05) is 20.2 Å². The highest BCUT2D eigenvalue weighted by atomic mass is 16.5. The Morgan fingerprint density at radius 1 is 1.05 bits per heavy atom. The van der Waals surface area contributed by atoms with Crippen LogP contribution in [-0.2, 0) is 19.1 Å². The minimum atomic E-state index is -0.449. The molecule has 1 amide bonds. The lowest BCUT2D eigenvalue weighted by Gasteiger charge is -2.14. The smallest absolute Gasteiger partial charge is 0.333 e. The van der Waals surface area contributed by atoms with Crippen molar-refractivity contribution in [2.24, 2.45) is 0 Å². The zero-order valence-corrected chi connectivity index (χ0v) is 12.0. The lowest BCUT2D eigenvalue weighted by Crippen LogP contribution is -2.32. The Hall–Kier alpha value is -1.65. The Kier molecular flexibility index (Phi) is 8.49. The van der Waals surface area contributed by atoms with Crippen LogP contribution in [0.3, 0.4) is 0 Å². The fourth-order valence-corrected chi connectivity index (χ4v) is 1.46. The molecule has 5 nitrogen and oxygen atoms in total. The second kappa shape index (κ2) is 9.30. The first kappa shape index (κ1) is 17.4. The highest BCUT2D eigenvalue weighted by Gasteiger charge is 2.12. The van der Waals surface area contributed by atoms with Crippen LogP contribution in [0.1, 0.15) is 39.5 Å². The van der Waals surface area contributed by atoms with Gasteiger partial charge in [0.25, 0.3) is 5.91 Å². The first-order chi connectivity index (χ1) is 8.86. The minimum absolute atomic E-state index is 0.355. The number of carbonyl (C=O) groups excluding carboxylic acids is 3. The quantitative estimate of drug-likeness (QED) is 0.277. The molecule has 0 aromatic rings. The molecular formula is C14H23NO4. The number of amides is 1. The fourth-order valence-electron chi connectivity index (χ4n) is 1.46. The molecule has 0 fully saturated rings. The molecule has 0 bridgehead atoms. The van der Waals surface area contributed by atoms with Gasteiger partial charge in [-0.25, -0.2) is 4.79 Å². The van der Waals surface area contributed by atoms with E-state index in [2.05, 4.69) is 6.58 Å². The van der Waals surface area contributed by atoms with E-state index in [4.69, 9.17) is 4.74 Å². The Morgan fingerprint density at radius 2 is 1.63 bits per heavy atom. The van der Waals surface area contributed by atoms with Gasteiger partial charge in [-0.15, -0.1) is 0 Å². The number of unbranched alkanes of at least 4 members (excludes halogenated alkanes) is 3. The van der Waals surface area contributed by atoms with Crippen molar-refractivity contribution >= 4 is 17.7 Å². The summed E-state index contributed by atoms with van der Waals surface area (Å²) < 4.78 is 4.95. The van der Waals surface area contributed by atoms with Crippen molar-refractivity contribution in [1.29, 1.82) is 0 Å². The number of hydrogen-bond donors (Lipinski definition) is 0. The fraction of sp³-hybridized carbons (Fsp3) is 0.643. The van der Waals surface area contributed by atoms with E-state index >= 15 is 0 Å². The second-order valence-corrected chi connectivity index (χ2v) is 4.61. The zero-order chi connectivity index (χ0) is 14.8. The van der Waals surface area contributed by atoms with Crippen LogP contribution in [0.2, 0.25) is 0 Å². The number of likely N-dealkylation sites (N-methyl/N-ethyl adjacent to an activating group) is 1. The molecular weight excluding hydrogens is 246 g/mol. The van der Waals surface area contributed by atoms with Crippen LogP contribution in [0.25, 0.3) is 0 Å². The Morgan fingerprint density at radius 3 is 2.16 bits per heavy atom. The maximum Gasteiger partial charge on any atom is 0.333 e. The molecule has 0 rings (SSSR count). The Labute approximate surface area is 114 Å². The van der Waals surface area contributed by atoms with E-state index in [1.165, 1.54) is 11.8 Å². The summed E-state index contributed by atoms with van der Waals surface area (Å²) in [4.78, 5) is 34.6. The molecule has 0 aromatic heterocycles. The summed E-state index contributed by atoms with van der Waals surface area (Å²) in [6.07, 6.45) is 3.49. The molecule has 0 N–H and O–H groups in total. The summed E-state index contributed by atoms with van der Waals surface area (Å²) in [5.74, 6) is -1.24. The largest absolute Gasteiger partial charge is 0.462 e. The van der Waals surface area contributed by atoms with Gasteiger partial charge in [0, 0.05) is 26.1 Å². The van der Waals surface area contributed by atoms with Crippen molar-refractivity contribution in [3.8, 4) is 0 Å². The predicted octanol–water partition coefficient (Wildman–Crippen LogP) is 1.71. The Bertz CT molecular complexity index is 349. The molecule has 0 spiro atoms. The third kappa shape index (κ3) is 8.13. The van der Waals surface area contributed by atoms with E-state index < -0.39 is 11.7 Å². The number of ketones is 1. The lowest BCUT2D eigenvalue weighted by molar-refractivity contribution is -0.142. The zero-order valence-electron chi connectivity index (χ0n) is 12.0. The van der Waals surface area contributed by atoms with Crippen LogP contribution in [0.5, 0.6) is 0 Å². The van der Waals surface area contributed by atoms with Gasteiger partial charge in [-0.3, -0.25) is 9.59 Å². The predicted molar refractivity (Wildman–Crippen MR) is 72.6 cm³/mol. The van der Waals surface area contributed by atoms with Crippen LogP contribution < -0.4 is 0 Å². The summed E-state index contributed by atoms with van der Waals surface area (Å²) in [7, 11) is 1.62. The van der Waals surface area contributed by atoms with Gasteiger partial charge in [0.05, 0.1) is 6.61 Å². The number of ether oxygens (including phenoxy) is 1. The molecule has 0 aliphatic carbocycles. The van der Waals surface area contributed by atoms with E-state index in [1.807, 2.05) is 0 Å². The summed E-state index contributed by atoms with van der Waals surface area (Å²) in [5, 5.41) is 0. The summed E-state index contributed by atoms with van der Waals surface area (Å²) >= 11 is 0. The summed E-state index contributed by atoms with van der Waals surface area (Å²) in [6, 6.07) is 0. The van der Waals surface area contributed by atoms with Crippen LogP contribution in [0.15, 0.2) is 12.2 Å². The normalized spacial score (nSPS) is 9.84. The summed E-state index contributed by atoms with van der Waals surface area (Å²) in [5.41, 5.74) is 0.407. The Balaban J connectivity index is 3.51. The number of Topliss-reactive ketones (excluding diaryl/α,β-unsaturated/α-hetero) is 1. The molecule has 0 unspecified atom stereocenters. The average molecular weight is 269 g/mol. The van der Waals surface area contributed by atoms with Crippen molar-refractivity contribution in [3.05, 3.63) is 12.2 Å². The van der Waals surface area contributed by atoms with Gasteiger partial charge in [-0.05, 0) is 26.2 Å². The van der Waals surface area contributed by atoms with E-state index in [1.54, 1.807) is 14.0 Å². The first-order valence-electron chi connectivity index (χ1n) is 6.45. The maximum absolute atomic E-state index is 11.3. The number of rotatable bonds is 9. The van der Waals surface area contributed by atoms with E-state index in [0.29, 0.717) is 18.7 Å². The monoisotopic (exact) mass is 269 g/mol. The first-order valence-corrected chi connectivity index (χ1v) is 6.45. The topological polar surface area (TPSA) is 63.7 Å². The van der Waals surface area contributed by atoms with Crippen molar-refractivity contribution in [1.82, 2.24) is 4.90 Å². The molecule has 0 heterocycles. The van der Waals surface area contributed by atoms with Gasteiger partial charge >= 0.3 is 5.97 Å². The van der Waals surface area contributed by atoms with Crippen LogP contribution in [0, 0.1) is 0 Å². The number of hydrogen-bond acceptors (Lipinski definition) is 4. The van der Waals surface area contributed by atoms with Crippen molar-refractivity contribution in [3.63, 3.8) is 0 Å². The van der Waals surface area contributed by atoms with E-state index in [0.717, 1.165) is 25.7 Å². The van der Waals surface area contributed by atoms with Crippen molar-refractivity contribution in [2.45, 2.75) is 39.5 Å². The summed E-state index contributed by atoms with van der Waals surface area (Å²) in [6.45, 7) is 7.35. The molecule has 0 radical (unpaired) electrons. The lowest BCUT2D eigenvalue weighted by atomic mass is 10.2. The van der Waals surface area contributed by atoms with Crippen molar-refractivity contribution < 1.29 is 19.1 Å². The van der Waals surface area contributed by atoms with E-state index in [-0.39, 0.29) is 5.97 Å². The number of esters is 1. The number of carbonyl (C=O) groups is 3.